The Kier molecular flexibility index (Phi) is 14.7. The van der Waals surface area contributed by atoms with Gasteiger partial charge in [0.2, 0.25) is 0 Å². The number of aromatic nitrogens is 2. The van der Waals surface area contributed by atoms with Crippen molar-refractivity contribution in [3.8, 4) is 0 Å². The summed E-state index contributed by atoms with van der Waals surface area (Å²) in [5, 5.41) is 21.4. The number of hydrogen-bond donors (Lipinski definition) is 3. The first-order valence-corrected chi connectivity index (χ1v) is 13.4. The van der Waals surface area contributed by atoms with Gasteiger partial charge in [-0.1, -0.05) is 0 Å². The number of thiophene rings is 1. The molecule has 11 nitrogen and oxygen atoms in total. The zero-order valence-electron chi connectivity index (χ0n) is 23.7. The number of fused-ring (bicyclic) bond motifs is 1. The number of carboxylic acid groups (broad SMARTS) is 3. The first kappa shape index (κ1) is 39.6. The van der Waals surface area contributed by atoms with Crippen molar-refractivity contribution in [2.24, 2.45) is 0 Å². The number of piperazine rings is 1. The predicted octanol–water partition coefficient (Wildman–Crippen LogP) is 3.92. The second-order valence-electron chi connectivity index (χ2n) is 9.55. The van der Waals surface area contributed by atoms with Crippen LogP contribution in [0.5, 0.6) is 0 Å². The molecule has 0 saturated carbocycles. The van der Waals surface area contributed by atoms with E-state index in [0.29, 0.717) is 0 Å². The van der Waals surface area contributed by atoms with Crippen molar-refractivity contribution in [1.29, 1.82) is 0 Å². The van der Waals surface area contributed by atoms with Crippen LogP contribution in [0.1, 0.15) is 21.3 Å². The molecule has 4 rings (SSSR count). The van der Waals surface area contributed by atoms with Gasteiger partial charge in [0, 0.05) is 68.3 Å². The van der Waals surface area contributed by atoms with E-state index in [1.807, 2.05) is 11.3 Å². The molecule has 0 radical (unpaired) electrons. The number of alkyl halides is 9. The number of hydrogen-bond acceptors (Lipinski definition) is 8. The topological polar surface area (TPSA) is 139 Å². The summed E-state index contributed by atoms with van der Waals surface area (Å²) in [7, 11) is 2.20. The highest BCUT2D eigenvalue weighted by Crippen LogP contribution is 2.21. The zero-order chi connectivity index (χ0) is 34.8. The van der Waals surface area contributed by atoms with Gasteiger partial charge < -0.3 is 24.8 Å². The Balaban J connectivity index is 0.000000396. The van der Waals surface area contributed by atoms with Gasteiger partial charge in [-0.05, 0) is 26.1 Å². The first-order valence-electron chi connectivity index (χ1n) is 12.6. The number of nitrogens with zero attached hydrogens (tertiary/aromatic N) is 5. The summed E-state index contributed by atoms with van der Waals surface area (Å²) >= 11 is 1.91. The molecule has 21 heteroatoms. The molecule has 3 N–H and O–H groups in total. The van der Waals surface area contributed by atoms with Gasteiger partial charge in [0.25, 0.3) is 0 Å². The van der Waals surface area contributed by atoms with Crippen LogP contribution in [-0.2, 0) is 40.6 Å². The molecule has 0 aromatic carbocycles. The Morgan fingerprint density at radius 3 is 1.60 bits per heavy atom. The third kappa shape index (κ3) is 15.4. The van der Waals surface area contributed by atoms with E-state index in [1.54, 1.807) is 0 Å². The van der Waals surface area contributed by atoms with E-state index >= 15 is 0 Å². The number of aryl methyl sites for hydroxylation is 1. The lowest BCUT2D eigenvalue weighted by Crippen LogP contribution is -2.43. The smallest absolute Gasteiger partial charge is 0.475 e. The van der Waals surface area contributed by atoms with E-state index < -0.39 is 36.4 Å². The lowest BCUT2D eigenvalue weighted by molar-refractivity contribution is -0.193. The van der Waals surface area contributed by atoms with Gasteiger partial charge in [-0.2, -0.15) is 39.5 Å². The van der Waals surface area contributed by atoms with Crippen molar-refractivity contribution < 1.29 is 69.2 Å². The predicted molar refractivity (Wildman–Crippen MR) is 139 cm³/mol. The normalized spacial score (nSPS) is 16.2. The number of halogens is 9. The van der Waals surface area contributed by atoms with Gasteiger partial charge >= 0.3 is 36.4 Å². The van der Waals surface area contributed by atoms with E-state index in [0.717, 1.165) is 45.8 Å². The molecule has 0 spiro atoms. The fourth-order valence-corrected chi connectivity index (χ4v) is 4.53. The summed E-state index contributed by atoms with van der Waals surface area (Å²) in [5.41, 5.74) is 1.24. The maximum atomic E-state index is 10.6. The van der Waals surface area contributed by atoms with E-state index in [1.165, 1.54) is 34.4 Å². The summed E-state index contributed by atoms with van der Waals surface area (Å²) in [6.07, 6.45) is -13.0. The second kappa shape index (κ2) is 16.8. The summed E-state index contributed by atoms with van der Waals surface area (Å²) in [6.45, 7) is 12.0. The SMILES string of the molecule is Cc1ccc(CN2CCn3cc(CN4CCN(C)CC4)nc3C2)s1.O=C(O)C(F)(F)F.O=C(O)C(F)(F)F.O=C(O)C(F)(F)F. The van der Waals surface area contributed by atoms with E-state index in [-0.39, 0.29) is 0 Å². The minimum atomic E-state index is -5.08. The molecule has 2 aliphatic rings. The van der Waals surface area contributed by atoms with Crippen LogP contribution < -0.4 is 0 Å². The molecule has 1 saturated heterocycles. The van der Waals surface area contributed by atoms with Crippen molar-refractivity contribution in [2.75, 3.05) is 39.8 Å². The van der Waals surface area contributed by atoms with Gasteiger partial charge in [-0.15, -0.1) is 11.3 Å². The van der Waals surface area contributed by atoms with Crippen LogP contribution in [0, 0.1) is 6.92 Å². The van der Waals surface area contributed by atoms with Crippen LogP contribution in [-0.4, -0.2) is 116 Å². The van der Waals surface area contributed by atoms with Gasteiger partial charge in [0.05, 0.1) is 12.2 Å². The Labute approximate surface area is 254 Å². The van der Waals surface area contributed by atoms with E-state index in [2.05, 4.69) is 51.6 Å². The van der Waals surface area contributed by atoms with Gasteiger partial charge in [0.15, 0.2) is 0 Å². The lowest BCUT2D eigenvalue weighted by atomic mass is 10.3. The van der Waals surface area contributed by atoms with Crippen LogP contribution in [0.2, 0.25) is 0 Å². The van der Waals surface area contributed by atoms with Gasteiger partial charge in [-0.3, -0.25) is 9.80 Å². The third-order valence-electron chi connectivity index (χ3n) is 5.82. The lowest BCUT2D eigenvalue weighted by Gasteiger charge is -2.31. The highest BCUT2D eigenvalue weighted by atomic mass is 32.1. The standard InChI is InChI=1S/C18H27N5S.3C2HF3O2/c1-15-3-4-17(24-15)13-22-9-10-23-12-16(19-18(23)14-22)11-21-7-5-20(2)6-8-21;3*3-2(4,5)1(6)7/h3-4,12H,5-11,13-14H2,1-2H3;3*(H,6,7). The molecule has 0 atom stereocenters. The molecule has 0 bridgehead atoms. The Morgan fingerprint density at radius 1 is 0.756 bits per heavy atom. The molecule has 45 heavy (non-hydrogen) atoms. The van der Waals surface area contributed by atoms with Gasteiger partial charge in [0.1, 0.15) is 5.82 Å². The Hall–Kier alpha value is -3.43. The second-order valence-corrected chi connectivity index (χ2v) is 10.9. The summed E-state index contributed by atoms with van der Waals surface area (Å²) in [4.78, 5) is 41.9. The monoisotopic (exact) mass is 687 g/mol. The summed E-state index contributed by atoms with van der Waals surface area (Å²) in [6, 6.07) is 4.49. The van der Waals surface area contributed by atoms with Crippen molar-refractivity contribution >= 4 is 29.2 Å². The molecule has 2 aromatic heterocycles. The molecular formula is C24H30F9N5O6S. The number of imidazole rings is 1. The van der Waals surface area contributed by atoms with Crippen molar-refractivity contribution in [2.45, 2.75) is 51.6 Å². The maximum Gasteiger partial charge on any atom is 0.490 e. The highest BCUT2D eigenvalue weighted by Gasteiger charge is 2.39. The number of likely N-dealkylation sites (N-methyl/N-ethyl adjacent to an activating group) is 1. The number of aliphatic carboxylic acids is 3. The van der Waals surface area contributed by atoms with Crippen molar-refractivity contribution in [3.63, 3.8) is 0 Å². The van der Waals surface area contributed by atoms with Crippen LogP contribution in [0.15, 0.2) is 18.3 Å². The zero-order valence-corrected chi connectivity index (χ0v) is 24.5. The molecule has 1 fully saturated rings. The maximum absolute atomic E-state index is 10.6. The Bertz CT molecular complexity index is 1200. The number of rotatable bonds is 4. The summed E-state index contributed by atoms with van der Waals surface area (Å²) in [5.74, 6) is -7.04. The molecule has 2 aliphatic heterocycles. The molecule has 0 unspecified atom stereocenters. The van der Waals surface area contributed by atoms with Crippen LogP contribution >= 0.6 is 11.3 Å². The minimum absolute atomic E-state index is 0.972. The minimum Gasteiger partial charge on any atom is -0.475 e. The average Bonchev–Trinajstić information content (AvgIpc) is 3.49. The molecule has 2 aromatic rings. The molecule has 4 heterocycles. The van der Waals surface area contributed by atoms with Crippen molar-refractivity contribution in [3.05, 3.63) is 39.6 Å². The van der Waals surface area contributed by atoms with Crippen molar-refractivity contribution in [1.82, 2.24) is 24.3 Å². The molecule has 256 valence electrons. The van der Waals surface area contributed by atoms with Gasteiger partial charge in [-0.25, -0.2) is 19.4 Å². The molecule has 0 aliphatic carbocycles. The van der Waals surface area contributed by atoms with E-state index in [4.69, 9.17) is 34.7 Å². The highest BCUT2D eigenvalue weighted by molar-refractivity contribution is 7.11. The quantitative estimate of drug-likeness (QED) is 0.406. The molecular weight excluding hydrogens is 657 g/mol. The average molecular weight is 688 g/mol. The summed E-state index contributed by atoms with van der Waals surface area (Å²) < 4.78 is 97.6. The van der Waals surface area contributed by atoms with Crippen LogP contribution in [0.4, 0.5) is 39.5 Å². The fraction of sp³-hybridized carbons (Fsp3) is 0.583. The largest absolute Gasteiger partial charge is 0.490 e. The Morgan fingerprint density at radius 2 is 1.20 bits per heavy atom. The van der Waals surface area contributed by atoms with E-state index in [9.17, 15) is 39.5 Å². The number of carbonyl (C=O) groups is 3. The third-order valence-corrected chi connectivity index (χ3v) is 6.80. The first-order chi connectivity index (χ1) is 20.5. The number of carboxylic acids is 3. The van der Waals surface area contributed by atoms with Crippen LogP contribution in [0.25, 0.3) is 0 Å². The fourth-order valence-electron chi connectivity index (χ4n) is 3.60. The van der Waals surface area contributed by atoms with Crippen LogP contribution in [0.3, 0.4) is 0 Å². The molecule has 0 amide bonds.